The summed E-state index contributed by atoms with van der Waals surface area (Å²) in [5.74, 6) is -1.34. The first-order valence-electron chi connectivity index (χ1n) is 6.65. The maximum absolute atomic E-state index is 11.7. The maximum atomic E-state index is 11.7. The van der Waals surface area contributed by atoms with Gasteiger partial charge < -0.3 is 20.4 Å². The Bertz CT molecular complexity index is 346. The van der Waals surface area contributed by atoms with Crippen molar-refractivity contribution in [1.29, 1.82) is 0 Å². The van der Waals surface area contributed by atoms with Crippen LogP contribution in [0.15, 0.2) is 0 Å². The molecule has 0 saturated carbocycles. The molecule has 1 heterocycles. The van der Waals surface area contributed by atoms with Gasteiger partial charge in [-0.25, -0.2) is 0 Å². The zero-order valence-electron chi connectivity index (χ0n) is 11.6. The van der Waals surface area contributed by atoms with Crippen LogP contribution in [-0.4, -0.2) is 73.3 Å². The molecule has 1 fully saturated rings. The Morgan fingerprint density at radius 3 is 2.37 bits per heavy atom. The van der Waals surface area contributed by atoms with Crippen LogP contribution in [0.2, 0.25) is 0 Å². The van der Waals surface area contributed by atoms with Gasteiger partial charge in [-0.3, -0.25) is 14.4 Å². The molecule has 2 N–H and O–H groups in total. The first kappa shape index (κ1) is 15.4. The van der Waals surface area contributed by atoms with Gasteiger partial charge in [0.15, 0.2) is 0 Å². The molecule has 1 aliphatic heterocycles. The molecular formula is C12H22N4O3. The highest BCUT2D eigenvalue weighted by molar-refractivity contribution is 6.35. The van der Waals surface area contributed by atoms with Gasteiger partial charge in [-0.15, -0.1) is 0 Å². The van der Waals surface area contributed by atoms with E-state index in [1.807, 2.05) is 13.8 Å². The standard InChI is InChI=1S/C12H22N4O3/c1-3-13-5-6-14-10(17)9-16-8-7-15(4-2)11(18)12(16)19/h13H,3-9H2,1-2H3,(H,14,17). The normalized spacial score (nSPS) is 15.9. The Hall–Kier alpha value is -1.63. The van der Waals surface area contributed by atoms with Crippen molar-refractivity contribution in [2.75, 3.05) is 45.8 Å². The molecule has 19 heavy (non-hydrogen) atoms. The Morgan fingerprint density at radius 1 is 1.11 bits per heavy atom. The summed E-state index contributed by atoms with van der Waals surface area (Å²) in [4.78, 5) is 37.8. The minimum atomic E-state index is -0.588. The number of nitrogens with zero attached hydrogens (tertiary/aromatic N) is 2. The zero-order valence-corrected chi connectivity index (χ0v) is 11.6. The van der Waals surface area contributed by atoms with Crippen LogP contribution in [0, 0.1) is 0 Å². The van der Waals surface area contributed by atoms with Crippen LogP contribution in [0.25, 0.3) is 0 Å². The number of amides is 3. The van der Waals surface area contributed by atoms with Gasteiger partial charge in [-0.05, 0) is 13.5 Å². The summed E-state index contributed by atoms with van der Waals surface area (Å²) in [6, 6.07) is 0. The summed E-state index contributed by atoms with van der Waals surface area (Å²) in [7, 11) is 0. The number of carbonyl (C=O) groups excluding carboxylic acids is 3. The smallest absolute Gasteiger partial charge is 0.312 e. The Morgan fingerprint density at radius 2 is 1.74 bits per heavy atom. The van der Waals surface area contributed by atoms with Crippen molar-refractivity contribution in [3.63, 3.8) is 0 Å². The van der Waals surface area contributed by atoms with Crippen molar-refractivity contribution in [1.82, 2.24) is 20.4 Å². The van der Waals surface area contributed by atoms with E-state index in [2.05, 4.69) is 10.6 Å². The maximum Gasteiger partial charge on any atom is 0.312 e. The predicted molar refractivity (Wildman–Crippen MR) is 70.4 cm³/mol. The lowest BCUT2D eigenvalue weighted by atomic mass is 10.3. The second kappa shape index (κ2) is 7.73. The molecule has 7 heteroatoms. The molecule has 0 atom stereocenters. The van der Waals surface area contributed by atoms with E-state index in [0.29, 0.717) is 32.7 Å². The number of carbonyl (C=O) groups is 3. The number of hydrogen-bond acceptors (Lipinski definition) is 4. The molecule has 0 aromatic carbocycles. The lowest BCUT2D eigenvalue weighted by molar-refractivity contribution is -0.156. The summed E-state index contributed by atoms with van der Waals surface area (Å²) in [6.07, 6.45) is 0. The SMILES string of the molecule is CCNCCNC(=O)CN1CCN(CC)C(=O)C1=O. The highest BCUT2D eigenvalue weighted by atomic mass is 16.2. The average molecular weight is 270 g/mol. The first-order valence-corrected chi connectivity index (χ1v) is 6.65. The van der Waals surface area contributed by atoms with Gasteiger partial charge in [0, 0.05) is 32.7 Å². The molecule has 0 bridgehead atoms. The van der Waals surface area contributed by atoms with Gasteiger partial charge in [0.05, 0.1) is 0 Å². The molecule has 0 aromatic heterocycles. The number of rotatable bonds is 7. The molecule has 1 rings (SSSR count). The van der Waals surface area contributed by atoms with Gasteiger partial charge in [-0.2, -0.15) is 0 Å². The minimum Gasteiger partial charge on any atom is -0.353 e. The topological polar surface area (TPSA) is 81.8 Å². The summed E-state index contributed by atoms with van der Waals surface area (Å²) in [5.41, 5.74) is 0. The molecular weight excluding hydrogens is 248 g/mol. The third-order valence-electron chi connectivity index (χ3n) is 2.99. The fourth-order valence-electron chi connectivity index (χ4n) is 1.86. The van der Waals surface area contributed by atoms with Crippen LogP contribution < -0.4 is 10.6 Å². The van der Waals surface area contributed by atoms with Crippen molar-refractivity contribution in [3.05, 3.63) is 0 Å². The Balaban J connectivity index is 2.35. The van der Waals surface area contributed by atoms with E-state index in [1.54, 1.807) is 0 Å². The van der Waals surface area contributed by atoms with Gasteiger partial charge in [0.25, 0.3) is 0 Å². The third-order valence-corrected chi connectivity index (χ3v) is 2.99. The molecule has 7 nitrogen and oxygen atoms in total. The molecule has 3 amide bonds. The predicted octanol–water partition coefficient (Wildman–Crippen LogP) is -1.60. The van der Waals surface area contributed by atoms with E-state index >= 15 is 0 Å². The first-order chi connectivity index (χ1) is 9.10. The van der Waals surface area contributed by atoms with Gasteiger partial charge in [0.1, 0.15) is 6.54 Å². The van der Waals surface area contributed by atoms with E-state index in [1.165, 1.54) is 9.80 Å². The van der Waals surface area contributed by atoms with Crippen molar-refractivity contribution in [3.8, 4) is 0 Å². The molecule has 108 valence electrons. The van der Waals surface area contributed by atoms with Crippen molar-refractivity contribution >= 4 is 17.7 Å². The fraction of sp³-hybridized carbons (Fsp3) is 0.750. The highest BCUT2D eigenvalue weighted by Crippen LogP contribution is 2.04. The van der Waals surface area contributed by atoms with Gasteiger partial charge >= 0.3 is 11.8 Å². The molecule has 0 radical (unpaired) electrons. The molecule has 0 unspecified atom stereocenters. The third kappa shape index (κ3) is 4.51. The molecule has 1 saturated heterocycles. The molecule has 1 aliphatic rings. The van der Waals surface area contributed by atoms with E-state index < -0.39 is 11.8 Å². The summed E-state index contributed by atoms with van der Waals surface area (Å²) >= 11 is 0. The fourth-order valence-corrected chi connectivity index (χ4v) is 1.86. The molecule has 0 aromatic rings. The summed E-state index contributed by atoms with van der Waals surface area (Å²) in [6.45, 7) is 7.25. The van der Waals surface area contributed by atoms with Gasteiger partial charge in [0.2, 0.25) is 5.91 Å². The Kier molecular flexibility index (Phi) is 6.27. The minimum absolute atomic E-state index is 0.0474. The number of hydrogen-bond donors (Lipinski definition) is 2. The van der Waals surface area contributed by atoms with Crippen LogP contribution in [0.1, 0.15) is 13.8 Å². The largest absolute Gasteiger partial charge is 0.353 e. The van der Waals surface area contributed by atoms with Gasteiger partial charge in [-0.1, -0.05) is 6.92 Å². The van der Waals surface area contributed by atoms with Crippen LogP contribution in [-0.2, 0) is 14.4 Å². The van der Waals surface area contributed by atoms with Crippen LogP contribution in [0.3, 0.4) is 0 Å². The summed E-state index contributed by atoms with van der Waals surface area (Å²) < 4.78 is 0. The van der Waals surface area contributed by atoms with Crippen LogP contribution in [0.4, 0.5) is 0 Å². The van der Waals surface area contributed by atoms with Crippen LogP contribution >= 0.6 is 0 Å². The van der Waals surface area contributed by atoms with Crippen molar-refractivity contribution in [2.45, 2.75) is 13.8 Å². The molecule has 0 aliphatic carbocycles. The number of likely N-dealkylation sites (N-methyl/N-ethyl adjacent to an activating group) is 2. The van der Waals surface area contributed by atoms with E-state index in [0.717, 1.165) is 6.54 Å². The lowest BCUT2D eigenvalue weighted by Crippen LogP contribution is -2.56. The van der Waals surface area contributed by atoms with E-state index in [4.69, 9.17) is 0 Å². The number of nitrogens with one attached hydrogen (secondary N) is 2. The molecule has 0 spiro atoms. The van der Waals surface area contributed by atoms with Crippen molar-refractivity contribution < 1.29 is 14.4 Å². The lowest BCUT2D eigenvalue weighted by Gasteiger charge is -2.32. The van der Waals surface area contributed by atoms with E-state index in [9.17, 15) is 14.4 Å². The number of piperazine rings is 1. The zero-order chi connectivity index (χ0) is 14.3. The Labute approximate surface area is 113 Å². The average Bonchev–Trinajstić information content (AvgIpc) is 2.40. The van der Waals surface area contributed by atoms with Crippen LogP contribution in [0.5, 0.6) is 0 Å². The van der Waals surface area contributed by atoms with E-state index in [-0.39, 0.29) is 12.5 Å². The van der Waals surface area contributed by atoms with Crippen molar-refractivity contribution in [2.24, 2.45) is 0 Å². The summed E-state index contributed by atoms with van der Waals surface area (Å²) in [5, 5.41) is 5.79. The second-order valence-corrected chi connectivity index (χ2v) is 4.32. The quantitative estimate of drug-likeness (QED) is 0.431. The highest BCUT2D eigenvalue weighted by Gasteiger charge is 2.32. The second-order valence-electron chi connectivity index (χ2n) is 4.32. The monoisotopic (exact) mass is 270 g/mol.